The smallest absolute Gasteiger partial charge is 0.143 e. The predicted molar refractivity (Wildman–Crippen MR) is 79.1 cm³/mol. The van der Waals surface area contributed by atoms with Crippen LogP contribution in [-0.4, -0.2) is 10.8 Å². The molecule has 1 aromatic heterocycles. The lowest BCUT2D eigenvalue weighted by atomic mass is 10.1. The van der Waals surface area contributed by atoms with E-state index >= 15 is 0 Å². The van der Waals surface area contributed by atoms with Gasteiger partial charge in [-0.05, 0) is 24.6 Å². The third kappa shape index (κ3) is 1.80. The fourth-order valence-corrected chi connectivity index (χ4v) is 3.22. The molecular formula is C14H11N5S. The highest BCUT2D eigenvalue weighted by Gasteiger charge is 2.22. The maximum absolute atomic E-state index is 9.17. The molecule has 0 unspecified atom stereocenters. The molecule has 1 aromatic carbocycles. The number of aromatic nitrogens is 1. The molecule has 0 amide bonds. The number of nitrogens with zero attached hydrogens (tertiary/aromatic N) is 3. The van der Waals surface area contributed by atoms with Crippen molar-refractivity contribution in [1.82, 2.24) is 4.98 Å². The molecule has 6 heteroatoms. The van der Waals surface area contributed by atoms with Crippen molar-refractivity contribution in [3.8, 4) is 6.07 Å². The summed E-state index contributed by atoms with van der Waals surface area (Å²) in [5.74, 6) is 0.586. The van der Waals surface area contributed by atoms with Crippen LogP contribution < -0.4 is 11.5 Å². The van der Waals surface area contributed by atoms with Gasteiger partial charge in [-0.25, -0.2) is 9.98 Å². The fourth-order valence-electron chi connectivity index (χ4n) is 2.14. The Morgan fingerprint density at radius 3 is 2.75 bits per heavy atom. The average molecular weight is 281 g/mol. The Bertz CT molecular complexity index is 789. The Labute approximate surface area is 120 Å². The van der Waals surface area contributed by atoms with Gasteiger partial charge in [0, 0.05) is 4.90 Å². The standard InChI is InChI=1S/C14H11N5S/c1-7-8(6-15)12(16)19-14-11(7)13(17)18-9-4-2-3-5-10(9)20-14/h2-5H,1H3,(H2,16,19)(H2,17,18). The van der Waals surface area contributed by atoms with Crippen LogP contribution in [0.25, 0.3) is 0 Å². The molecule has 1 aliphatic rings. The van der Waals surface area contributed by atoms with Crippen LogP contribution in [0, 0.1) is 18.3 Å². The summed E-state index contributed by atoms with van der Waals surface area (Å²) in [5.41, 5.74) is 14.5. The molecule has 0 atom stereocenters. The van der Waals surface area contributed by atoms with Gasteiger partial charge in [0.2, 0.25) is 0 Å². The lowest BCUT2D eigenvalue weighted by Crippen LogP contribution is -2.17. The number of pyridine rings is 1. The van der Waals surface area contributed by atoms with Crippen LogP contribution in [0.15, 0.2) is 39.2 Å². The molecule has 1 aliphatic heterocycles. The Kier molecular flexibility index (Phi) is 2.84. The first-order valence-electron chi connectivity index (χ1n) is 5.93. The van der Waals surface area contributed by atoms with E-state index in [2.05, 4.69) is 16.0 Å². The van der Waals surface area contributed by atoms with Crippen LogP contribution in [0.2, 0.25) is 0 Å². The molecule has 0 aliphatic carbocycles. The molecule has 0 saturated heterocycles. The van der Waals surface area contributed by atoms with E-state index in [1.54, 1.807) is 0 Å². The van der Waals surface area contributed by atoms with E-state index in [0.717, 1.165) is 16.1 Å². The second kappa shape index (κ2) is 4.54. The topological polar surface area (TPSA) is 101 Å². The summed E-state index contributed by atoms with van der Waals surface area (Å²) in [6.07, 6.45) is 0. The second-order valence-corrected chi connectivity index (χ2v) is 5.39. The predicted octanol–water partition coefficient (Wildman–Crippen LogP) is 2.35. The Hall–Kier alpha value is -2.52. The zero-order chi connectivity index (χ0) is 14.3. The highest BCUT2D eigenvalue weighted by molar-refractivity contribution is 7.99. The summed E-state index contributed by atoms with van der Waals surface area (Å²) in [4.78, 5) is 9.71. The van der Waals surface area contributed by atoms with Crippen molar-refractivity contribution in [1.29, 1.82) is 5.26 Å². The zero-order valence-corrected chi connectivity index (χ0v) is 11.5. The first-order valence-corrected chi connectivity index (χ1v) is 6.75. The minimum Gasteiger partial charge on any atom is -0.383 e. The second-order valence-electron chi connectivity index (χ2n) is 4.36. The third-order valence-electron chi connectivity index (χ3n) is 3.12. The van der Waals surface area contributed by atoms with Gasteiger partial charge in [-0.1, -0.05) is 23.9 Å². The number of hydrogen-bond acceptors (Lipinski definition) is 6. The fraction of sp³-hybridized carbons (Fsp3) is 0.0714. The molecule has 0 fully saturated rings. The maximum Gasteiger partial charge on any atom is 0.143 e. The average Bonchev–Trinajstić information content (AvgIpc) is 2.54. The molecule has 2 heterocycles. The SMILES string of the molecule is Cc1c(C#N)c(N)nc2c1C(N)=Nc1ccccc1S2. The number of aliphatic imine (C=N–C) groups is 1. The zero-order valence-electron chi connectivity index (χ0n) is 10.7. The van der Waals surface area contributed by atoms with Gasteiger partial charge in [-0.15, -0.1) is 0 Å². The quantitative estimate of drug-likeness (QED) is 0.771. The van der Waals surface area contributed by atoms with Gasteiger partial charge in [-0.3, -0.25) is 0 Å². The third-order valence-corrected chi connectivity index (χ3v) is 4.18. The van der Waals surface area contributed by atoms with E-state index in [1.807, 2.05) is 31.2 Å². The number of amidine groups is 1. The van der Waals surface area contributed by atoms with E-state index in [-0.39, 0.29) is 5.82 Å². The van der Waals surface area contributed by atoms with Crippen molar-refractivity contribution in [3.63, 3.8) is 0 Å². The summed E-state index contributed by atoms with van der Waals surface area (Å²) in [5, 5.41) is 9.86. The number of fused-ring (bicyclic) bond motifs is 2. The molecule has 0 saturated carbocycles. The summed E-state index contributed by atoms with van der Waals surface area (Å²) in [7, 11) is 0. The molecule has 0 spiro atoms. The lowest BCUT2D eigenvalue weighted by Gasteiger charge is -2.11. The molecule has 0 bridgehead atoms. The van der Waals surface area contributed by atoms with Crippen molar-refractivity contribution >= 4 is 29.1 Å². The van der Waals surface area contributed by atoms with Crippen LogP contribution in [0.5, 0.6) is 0 Å². The summed E-state index contributed by atoms with van der Waals surface area (Å²) in [6.45, 7) is 1.81. The number of para-hydroxylation sites is 1. The van der Waals surface area contributed by atoms with E-state index in [9.17, 15) is 5.26 Å². The van der Waals surface area contributed by atoms with Gasteiger partial charge < -0.3 is 11.5 Å². The van der Waals surface area contributed by atoms with Gasteiger partial charge in [0.15, 0.2) is 0 Å². The minimum atomic E-state index is 0.225. The van der Waals surface area contributed by atoms with Gasteiger partial charge in [-0.2, -0.15) is 5.26 Å². The van der Waals surface area contributed by atoms with Gasteiger partial charge in [0.1, 0.15) is 22.7 Å². The van der Waals surface area contributed by atoms with Crippen molar-refractivity contribution in [2.75, 3.05) is 5.73 Å². The van der Waals surface area contributed by atoms with Crippen molar-refractivity contribution in [3.05, 3.63) is 41.0 Å². The highest BCUT2D eigenvalue weighted by atomic mass is 32.2. The molecule has 0 radical (unpaired) electrons. The number of rotatable bonds is 0. The normalized spacial score (nSPS) is 12.7. The number of hydrogen-bond donors (Lipinski definition) is 2. The molecule has 98 valence electrons. The van der Waals surface area contributed by atoms with Gasteiger partial charge in [0.05, 0.1) is 16.8 Å². The van der Waals surface area contributed by atoms with Crippen LogP contribution >= 0.6 is 11.8 Å². The Morgan fingerprint density at radius 2 is 2.00 bits per heavy atom. The largest absolute Gasteiger partial charge is 0.383 e. The van der Waals surface area contributed by atoms with Crippen molar-refractivity contribution < 1.29 is 0 Å². The first kappa shape index (κ1) is 12.5. The minimum absolute atomic E-state index is 0.225. The summed E-state index contributed by atoms with van der Waals surface area (Å²) in [6, 6.07) is 9.76. The van der Waals surface area contributed by atoms with Crippen LogP contribution in [0.4, 0.5) is 11.5 Å². The molecular weight excluding hydrogens is 270 g/mol. The van der Waals surface area contributed by atoms with Crippen molar-refractivity contribution in [2.45, 2.75) is 16.8 Å². The molecule has 3 rings (SSSR count). The number of nitrogens with two attached hydrogens (primary N) is 2. The van der Waals surface area contributed by atoms with E-state index in [0.29, 0.717) is 22.0 Å². The summed E-state index contributed by atoms with van der Waals surface area (Å²) < 4.78 is 0. The van der Waals surface area contributed by atoms with E-state index in [4.69, 9.17) is 11.5 Å². The van der Waals surface area contributed by atoms with Gasteiger partial charge >= 0.3 is 0 Å². The molecule has 20 heavy (non-hydrogen) atoms. The monoisotopic (exact) mass is 281 g/mol. The van der Waals surface area contributed by atoms with Crippen LogP contribution in [-0.2, 0) is 0 Å². The number of benzene rings is 1. The van der Waals surface area contributed by atoms with Gasteiger partial charge in [0.25, 0.3) is 0 Å². The molecule has 4 N–H and O–H groups in total. The highest BCUT2D eigenvalue weighted by Crippen LogP contribution is 2.40. The maximum atomic E-state index is 9.17. The van der Waals surface area contributed by atoms with Crippen LogP contribution in [0.1, 0.15) is 16.7 Å². The van der Waals surface area contributed by atoms with Crippen molar-refractivity contribution in [2.24, 2.45) is 10.7 Å². The number of nitriles is 1. The molecule has 5 nitrogen and oxygen atoms in total. The van der Waals surface area contributed by atoms with E-state index < -0.39 is 0 Å². The number of nitrogen functional groups attached to an aromatic ring is 1. The van der Waals surface area contributed by atoms with Crippen LogP contribution in [0.3, 0.4) is 0 Å². The van der Waals surface area contributed by atoms with E-state index in [1.165, 1.54) is 11.8 Å². The summed E-state index contributed by atoms with van der Waals surface area (Å²) >= 11 is 1.46. The Balaban J connectivity index is 2.33. The molecule has 2 aromatic rings. The Morgan fingerprint density at radius 1 is 1.25 bits per heavy atom. The first-order chi connectivity index (χ1) is 9.61. The lowest BCUT2D eigenvalue weighted by molar-refractivity contribution is 1.09. The number of anilines is 1.